The maximum absolute atomic E-state index is 13.5. The third kappa shape index (κ3) is 4.54. The normalized spacial score (nSPS) is 17.0. The first-order valence-electron chi connectivity index (χ1n) is 10.5. The largest absolute Gasteiger partial charge is 0.489 e. The van der Waals surface area contributed by atoms with E-state index in [2.05, 4.69) is 37.3 Å². The third-order valence-electron chi connectivity index (χ3n) is 5.50. The van der Waals surface area contributed by atoms with E-state index in [1.54, 1.807) is 0 Å². The molecule has 0 radical (unpaired) electrons. The van der Waals surface area contributed by atoms with Gasteiger partial charge >= 0.3 is 0 Å². The van der Waals surface area contributed by atoms with Gasteiger partial charge in [-0.15, -0.1) is 11.8 Å². The molecular formula is C26H27NO2S. The van der Waals surface area contributed by atoms with Crippen LogP contribution in [0.5, 0.6) is 5.75 Å². The standard InChI is InChI=1S/C26H27NO2S/c1-2-22(21-13-7-4-8-14-21)25(28)27-17-18-30-26(27)23-15-9-10-16-24(23)29-19-20-11-5-3-6-12-20/h3-16,22,26H,2,17-19H2,1H3/t22-,26-/m0/s1. The average molecular weight is 418 g/mol. The van der Waals surface area contributed by atoms with Gasteiger partial charge in [0.1, 0.15) is 17.7 Å². The molecule has 0 spiro atoms. The lowest BCUT2D eigenvalue weighted by Gasteiger charge is -2.29. The van der Waals surface area contributed by atoms with Crippen molar-refractivity contribution in [2.45, 2.75) is 31.2 Å². The van der Waals surface area contributed by atoms with Crippen LogP contribution >= 0.6 is 11.8 Å². The van der Waals surface area contributed by atoms with Crippen LogP contribution in [-0.4, -0.2) is 23.1 Å². The van der Waals surface area contributed by atoms with Crippen molar-refractivity contribution in [2.24, 2.45) is 0 Å². The minimum Gasteiger partial charge on any atom is -0.489 e. The van der Waals surface area contributed by atoms with Crippen LogP contribution < -0.4 is 4.74 Å². The molecule has 3 nitrogen and oxygen atoms in total. The number of amides is 1. The number of hydrogen-bond acceptors (Lipinski definition) is 3. The Bertz CT molecular complexity index is 961. The highest BCUT2D eigenvalue weighted by Crippen LogP contribution is 2.43. The van der Waals surface area contributed by atoms with Crippen molar-refractivity contribution in [3.63, 3.8) is 0 Å². The fourth-order valence-electron chi connectivity index (χ4n) is 3.94. The van der Waals surface area contributed by atoms with E-state index in [0.717, 1.165) is 41.2 Å². The molecular weight excluding hydrogens is 390 g/mol. The summed E-state index contributed by atoms with van der Waals surface area (Å²) in [5.74, 6) is 1.89. The second kappa shape index (κ2) is 9.86. The van der Waals surface area contributed by atoms with Crippen molar-refractivity contribution in [2.75, 3.05) is 12.3 Å². The number of nitrogens with zero attached hydrogens (tertiary/aromatic N) is 1. The summed E-state index contributed by atoms with van der Waals surface area (Å²) in [6.45, 7) is 3.38. The first-order valence-corrected chi connectivity index (χ1v) is 11.6. The maximum atomic E-state index is 13.5. The molecule has 1 saturated heterocycles. The van der Waals surface area contributed by atoms with Crippen molar-refractivity contribution in [1.82, 2.24) is 4.90 Å². The zero-order valence-electron chi connectivity index (χ0n) is 17.2. The van der Waals surface area contributed by atoms with E-state index in [9.17, 15) is 4.79 Å². The van der Waals surface area contributed by atoms with Gasteiger partial charge in [0.05, 0.1) is 5.92 Å². The van der Waals surface area contributed by atoms with E-state index < -0.39 is 0 Å². The summed E-state index contributed by atoms with van der Waals surface area (Å²) in [7, 11) is 0. The lowest BCUT2D eigenvalue weighted by molar-refractivity contribution is -0.133. The van der Waals surface area contributed by atoms with Gasteiger partial charge < -0.3 is 9.64 Å². The van der Waals surface area contributed by atoms with E-state index in [1.165, 1.54) is 0 Å². The zero-order chi connectivity index (χ0) is 20.8. The predicted octanol–water partition coefficient (Wildman–Crippen LogP) is 6.03. The van der Waals surface area contributed by atoms with Crippen LogP contribution in [0.3, 0.4) is 0 Å². The van der Waals surface area contributed by atoms with Gasteiger partial charge in [-0.25, -0.2) is 0 Å². The Morgan fingerprint density at radius 1 is 1.00 bits per heavy atom. The average Bonchev–Trinajstić information content (AvgIpc) is 3.29. The number of carbonyl (C=O) groups excluding carboxylic acids is 1. The van der Waals surface area contributed by atoms with Gasteiger partial charge in [-0.2, -0.15) is 0 Å². The lowest BCUT2D eigenvalue weighted by Crippen LogP contribution is -2.34. The highest BCUT2D eigenvalue weighted by molar-refractivity contribution is 7.99. The molecule has 154 valence electrons. The number of thioether (sulfide) groups is 1. The molecule has 1 aliphatic rings. The zero-order valence-corrected chi connectivity index (χ0v) is 18.1. The summed E-state index contributed by atoms with van der Waals surface area (Å²) in [6, 6.07) is 28.4. The second-order valence-electron chi connectivity index (χ2n) is 7.44. The monoisotopic (exact) mass is 417 g/mol. The van der Waals surface area contributed by atoms with Crippen LogP contribution in [-0.2, 0) is 11.4 Å². The van der Waals surface area contributed by atoms with Crippen molar-refractivity contribution < 1.29 is 9.53 Å². The fraction of sp³-hybridized carbons (Fsp3) is 0.269. The summed E-state index contributed by atoms with van der Waals surface area (Å²) >= 11 is 1.82. The molecule has 0 N–H and O–H groups in total. The lowest BCUT2D eigenvalue weighted by atomic mass is 9.94. The molecule has 4 rings (SSSR count). The first kappa shape index (κ1) is 20.5. The molecule has 1 aliphatic heterocycles. The van der Waals surface area contributed by atoms with Crippen LogP contribution in [0.1, 0.15) is 41.3 Å². The minimum atomic E-state index is -0.107. The van der Waals surface area contributed by atoms with Gasteiger partial charge in [0, 0.05) is 17.9 Å². The molecule has 3 aromatic rings. The first-order chi connectivity index (χ1) is 14.8. The molecule has 1 amide bonds. The fourth-order valence-corrected chi connectivity index (χ4v) is 5.23. The number of para-hydroxylation sites is 1. The SMILES string of the molecule is CC[C@H](C(=O)N1CCS[C@H]1c1ccccc1OCc1ccccc1)c1ccccc1. The van der Waals surface area contributed by atoms with E-state index in [0.29, 0.717) is 6.61 Å². The van der Waals surface area contributed by atoms with Gasteiger partial charge in [0.25, 0.3) is 0 Å². The molecule has 0 unspecified atom stereocenters. The molecule has 30 heavy (non-hydrogen) atoms. The van der Waals surface area contributed by atoms with Crippen LogP contribution in [0, 0.1) is 0 Å². The van der Waals surface area contributed by atoms with Crippen LogP contribution in [0.15, 0.2) is 84.9 Å². The van der Waals surface area contributed by atoms with Crippen LogP contribution in [0.4, 0.5) is 0 Å². The molecule has 0 bridgehead atoms. The van der Waals surface area contributed by atoms with Crippen LogP contribution in [0.2, 0.25) is 0 Å². The molecule has 0 aromatic heterocycles. The van der Waals surface area contributed by atoms with E-state index in [-0.39, 0.29) is 17.2 Å². The Hall–Kier alpha value is -2.72. The Morgan fingerprint density at radius 2 is 1.67 bits per heavy atom. The molecule has 1 fully saturated rings. The van der Waals surface area contributed by atoms with E-state index >= 15 is 0 Å². The number of rotatable bonds is 7. The van der Waals surface area contributed by atoms with Crippen molar-refractivity contribution in [1.29, 1.82) is 0 Å². The predicted molar refractivity (Wildman–Crippen MR) is 124 cm³/mol. The molecule has 0 saturated carbocycles. The Morgan fingerprint density at radius 3 is 2.40 bits per heavy atom. The Kier molecular flexibility index (Phi) is 6.75. The Labute approximate surface area is 183 Å². The highest BCUT2D eigenvalue weighted by Gasteiger charge is 2.35. The second-order valence-corrected chi connectivity index (χ2v) is 8.63. The number of benzene rings is 3. The van der Waals surface area contributed by atoms with Gasteiger partial charge in [-0.05, 0) is 23.6 Å². The third-order valence-corrected chi connectivity index (χ3v) is 6.75. The van der Waals surface area contributed by atoms with E-state index in [1.807, 2.05) is 71.3 Å². The molecule has 2 atom stereocenters. The van der Waals surface area contributed by atoms with Gasteiger partial charge in [0.2, 0.25) is 5.91 Å². The quantitative estimate of drug-likeness (QED) is 0.470. The topological polar surface area (TPSA) is 29.5 Å². The van der Waals surface area contributed by atoms with Crippen molar-refractivity contribution in [3.05, 3.63) is 102 Å². The summed E-state index contributed by atoms with van der Waals surface area (Å²) in [5.41, 5.74) is 3.30. The van der Waals surface area contributed by atoms with E-state index in [4.69, 9.17) is 4.74 Å². The van der Waals surface area contributed by atoms with Gasteiger partial charge in [-0.1, -0.05) is 85.8 Å². The molecule has 1 heterocycles. The number of carbonyl (C=O) groups is 1. The highest BCUT2D eigenvalue weighted by atomic mass is 32.2. The smallest absolute Gasteiger partial charge is 0.231 e. The summed E-state index contributed by atoms with van der Waals surface area (Å²) in [5, 5.41) is -0.0118. The maximum Gasteiger partial charge on any atom is 0.231 e. The van der Waals surface area contributed by atoms with Gasteiger partial charge in [0.15, 0.2) is 0 Å². The van der Waals surface area contributed by atoms with Crippen molar-refractivity contribution in [3.8, 4) is 5.75 Å². The molecule has 4 heteroatoms. The molecule has 0 aliphatic carbocycles. The van der Waals surface area contributed by atoms with Gasteiger partial charge in [-0.3, -0.25) is 4.79 Å². The molecule has 3 aromatic carbocycles. The van der Waals surface area contributed by atoms with Crippen molar-refractivity contribution >= 4 is 17.7 Å². The minimum absolute atomic E-state index is 0.0118. The Balaban J connectivity index is 1.55. The number of hydrogen-bond donors (Lipinski definition) is 0. The summed E-state index contributed by atoms with van der Waals surface area (Å²) in [4.78, 5) is 15.6. The summed E-state index contributed by atoms with van der Waals surface area (Å²) in [6.07, 6.45) is 0.795. The van der Waals surface area contributed by atoms with Crippen LogP contribution in [0.25, 0.3) is 0 Å². The summed E-state index contributed by atoms with van der Waals surface area (Å²) < 4.78 is 6.18. The number of ether oxygens (including phenoxy) is 1.